The van der Waals surface area contributed by atoms with Gasteiger partial charge in [-0.05, 0) is 35.2 Å². The van der Waals surface area contributed by atoms with Crippen LogP contribution < -0.4 is 14.8 Å². The van der Waals surface area contributed by atoms with Crippen LogP contribution in [0.3, 0.4) is 0 Å². The van der Waals surface area contributed by atoms with Crippen molar-refractivity contribution in [2.75, 3.05) is 26.1 Å². The second kappa shape index (κ2) is 8.45. The third-order valence-electron chi connectivity index (χ3n) is 6.45. The topological polar surface area (TPSA) is 67.9 Å². The monoisotopic (exact) mass is 462 g/mol. The van der Waals surface area contributed by atoms with Crippen LogP contribution in [0.25, 0.3) is 0 Å². The average molecular weight is 463 g/mol. The number of halogens is 1. The number of hydrogen-bond donors (Lipinski definition) is 1. The van der Waals surface area contributed by atoms with Gasteiger partial charge in [-0.15, -0.1) is 0 Å². The van der Waals surface area contributed by atoms with E-state index in [1.165, 1.54) is 14.2 Å². The zero-order valence-electron chi connectivity index (χ0n) is 18.3. The number of nitrogens with zero attached hydrogens (tertiary/aromatic N) is 1. The number of amides is 2. The molecular weight excluding hydrogens is 440 g/mol. The fraction of sp³-hybridized carbons (Fsp3) is 0.231. The van der Waals surface area contributed by atoms with E-state index in [1.807, 2.05) is 41.3 Å². The highest BCUT2D eigenvalue weighted by atomic mass is 35.5. The molecule has 0 unspecified atom stereocenters. The number of methoxy groups -OCH3 is 2. The Morgan fingerprint density at radius 2 is 1.70 bits per heavy atom. The van der Waals surface area contributed by atoms with Gasteiger partial charge in [0.2, 0.25) is 5.91 Å². The van der Waals surface area contributed by atoms with E-state index in [0.717, 1.165) is 23.1 Å². The minimum atomic E-state index is -0.592. The smallest absolute Gasteiger partial charge is 0.254 e. The molecule has 0 saturated heterocycles. The Morgan fingerprint density at radius 1 is 1.00 bits per heavy atom. The maximum atomic E-state index is 13.9. The summed E-state index contributed by atoms with van der Waals surface area (Å²) in [5.41, 5.74) is 3.89. The second-order valence-corrected chi connectivity index (χ2v) is 8.54. The molecule has 0 aromatic heterocycles. The van der Waals surface area contributed by atoms with Gasteiger partial charge >= 0.3 is 0 Å². The van der Waals surface area contributed by atoms with Crippen molar-refractivity contribution in [3.05, 3.63) is 87.9 Å². The maximum Gasteiger partial charge on any atom is 0.254 e. The van der Waals surface area contributed by atoms with Gasteiger partial charge in [0.15, 0.2) is 0 Å². The fourth-order valence-corrected chi connectivity index (χ4v) is 5.17. The summed E-state index contributed by atoms with van der Waals surface area (Å²) in [6.45, 7) is 0.566. The van der Waals surface area contributed by atoms with E-state index >= 15 is 0 Å². The lowest BCUT2D eigenvalue weighted by Crippen LogP contribution is -2.49. The van der Waals surface area contributed by atoms with Crippen LogP contribution >= 0.6 is 11.6 Å². The van der Waals surface area contributed by atoms with Crippen LogP contribution in [-0.2, 0) is 11.2 Å². The van der Waals surface area contributed by atoms with Crippen LogP contribution in [0, 0.1) is 0 Å². The molecule has 168 valence electrons. The van der Waals surface area contributed by atoms with E-state index in [1.54, 1.807) is 18.2 Å². The fourth-order valence-electron chi connectivity index (χ4n) is 4.93. The van der Waals surface area contributed by atoms with E-state index in [9.17, 15) is 9.59 Å². The Bertz CT molecular complexity index is 1260. The van der Waals surface area contributed by atoms with Crippen LogP contribution in [0.5, 0.6) is 11.5 Å². The van der Waals surface area contributed by atoms with E-state index in [4.69, 9.17) is 21.1 Å². The van der Waals surface area contributed by atoms with Gasteiger partial charge in [-0.2, -0.15) is 0 Å². The Balaban J connectivity index is 1.61. The molecule has 0 saturated carbocycles. The Morgan fingerprint density at radius 3 is 2.45 bits per heavy atom. The van der Waals surface area contributed by atoms with Crippen LogP contribution in [0.4, 0.5) is 5.69 Å². The number of fused-ring (bicyclic) bond motifs is 4. The van der Waals surface area contributed by atoms with Gasteiger partial charge in [-0.25, -0.2) is 0 Å². The highest BCUT2D eigenvalue weighted by Crippen LogP contribution is 2.47. The molecule has 0 fully saturated rings. The molecule has 0 bridgehead atoms. The summed E-state index contributed by atoms with van der Waals surface area (Å²) in [5.74, 6) is 0.0181. The predicted molar refractivity (Wildman–Crippen MR) is 126 cm³/mol. The zero-order valence-corrected chi connectivity index (χ0v) is 19.1. The van der Waals surface area contributed by atoms with Crippen molar-refractivity contribution >= 4 is 29.1 Å². The lowest BCUT2D eigenvalue weighted by atomic mass is 9.76. The summed E-state index contributed by atoms with van der Waals surface area (Å²) in [6.07, 6.45) is 0.761. The van der Waals surface area contributed by atoms with Crippen molar-refractivity contribution in [3.63, 3.8) is 0 Å². The van der Waals surface area contributed by atoms with Gasteiger partial charge in [-0.1, -0.05) is 54.1 Å². The quantitative estimate of drug-likeness (QED) is 0.602. The van der Waals surface area contributed by atoms with Gasteiger partial charge in [0.1, 0.15) is 11.5 Å². The van der Waals surface area contributed by atoms with E-state index in [0.29, 0.717) is 34.3 Å². The molecule has 1 N–H and O–H groups in total. The zero-order chi connectivity index (χ0) is 23.1. The Hall–Kier alpha value is -3.51. The van der Waals surface area contributed by atoms with Crippen molar-refractivity contribution in [1.29, 1.82) is 0 Å². The number of carbonyl (C=O) groups is 2. The number of benzene rings is 3. The van der Waals surface area contributed by atoms with Gasteiger partial charge in [-0.3, -0.25) is 9.59 Å². The number of anilines is 1. The summed E-state index contributed by atoms with van der Waals surface area (Å²) >= 11 is 6.32. The number of carbonyl (C=O) groups excluding carboxylic acids is 2. The number of rotatable bonds is 4. The SMILES string of the molecule is COc1cc(OC)c(NC(=O)[C@@H]2c3ccccc3C(=O)N3CCc4ccccc4[C@H]23)cc1Cl. The van der Waals surface area contributed by atoms with Gasteiger partial charge < -0.3 is 19.7 Å². The van der Waals surface area contributed by atoms with Gasteiger partial charge in [0, 0.05) is 18.2 Å². The van der Waals surface area contributed by atoms with Crippen molar-refractivity contribution in [2.45, 2.75) is 18.4 Å². The van der Waals surface area contributed by atoms with Gasteiger partial charge in [0.05, 0.1) is 36.9 Å². The molecule has 6 nitrogen and oxygen atoms in total. The molecule has 3 aromatic rings. The number of nitrogens with one attached hydrogen (secondary N) is 1. The summed E-state index contributed by atoms with van der Waals surface area (Å²) < 4.78 is 10.7. The Kier molecular flexibility index (Phi) is 5.46. The minimum absolute atomic E-state index is 0.0424. The van der Waals surface area contributed by atoms with Crippen molar-refractivity contribution < 1.29 is 19.1 Å². The standard InChI is InChI=1S/C26H23ClN2O4/c1-32-21-14-22(33-2)20(13-19(21)27)28-25(30)23-17-9-5-6-10-18(17)26(31)29-12-11-15-7-3-4-8-16(15)24(23)29/h3-10,13-14,23-24H,11-12H2,1-2H3,(H,28,30)/t23-,24-/m1/s1. The van der Waals surface area contributed by atoms with E-state index in [2.05, 4.69) is 11.4 Å². The molecule has 0 aliphatic carbocycles. The maximum absolute atomic E-state index is 13.9. The van der Waals surface area contributed by atoms with Crippen molar-refractivity contribution in [2.24, 2.45) is 0 Å². The average Bonchev–Trinajstić information content (AvgIpc) is 2.84. The first-order chi connectivity index (χ1) is 16.0. The third-order valence-corrected chi connectivity index (χ3v) is 6.74. The molecular formula is C26H23ClN2O4. The van der Waals surface area contributed by atoms with E-state index < -0.39 is 12.0 Å². The van der Waals surface area contributed by atoms with Gasteiger partial charge in [0.25, 0.3) is 5.91 Å². The highest BCUT2D eigenvalue weighted by Gasteiger charge is 2.46. The number of hydrogen-bond acceptors (Lipinski definition) is 4. The first kappa shape index (κ1) is 21.3. The molecule has 2 heterocycles. The molecule has 7 heteroatoms. The predicted octanol–water partition coefficient (Wildman–Crippen LogP) is 4.83. The summed E-state index contributed by atoms with van der Waals surface area (Å²) in [5, 5.41) is 3.36. The molecule has 2 atom stereocenters. The van der Waals surface area contributed by atoms with Crippen LogP contribution in [0.2, 0.25) is 5.02 Å². The van der Waals surface area contributed by atoms with E-state index in [-0.39, 0.29) is 11.8 Å². The molecule has 2 aliphatic rings. The first-order valence-electron chi connectivity index (χ1n) is 10.7. The normalized spacial score (nSPS) is 18.6. The lowest BCUT2D eigenvalue weighted by Gasteiger charge is -2.45. The molecule has 0 radical (unpaired) electrons. The molecule has 2 aliphatic heterocycles. The van der Waals surface area contributed by atoms with Crippen molar-refractivity contribution in [1.82, 2.24) is 4.90 Å². The lowest BCUT2D eigenvalue weighted by molar-refractivity contribution is -0.119. The molecule has 3 aromatic carbocycles. The molecule has 33 heavy (non-hydrogen) atoms. The largest absolute Gasteiger partial charge is 0.495 e. The number of ether oxygens (including phenoxy) is 2. The highest BCUT2D eigenvalue weighted by molar-refractivity contribution is 6.32. The molecule has 5 rings (SSSR count). The molecule has 0 spiro atoms. The van der Waals surface area contributed by atoms with Crippen LogP contribution in [-0.4, -0.2) is 37.5 Å². The van der Waals surface area contributed by atoms with Crippen LogP contribution in [0.15, 0.2) is 60.7 Å². The molecule has 2 amide bonds. The summed E-state index contributed by atoms with van der Waals surface area (Å²) in [4.78, 5) is 29.0. The first-order valence-corrected chi connectivity index (χ1v) is 11.1. The Labute approximate surface area is 197 Å². The minimum Gasteiger partial charge on any atom is -0.495 e. The summed E-state index contributed by atoms with van der Waals surface area (Å²) in [6, 6.07) is 18.2. The van der Waals surface area contributed by atoms with Crippen molar-refractivity contribution in [3.8, 4) is 11.5 Å². The third kappa shape index (κ3) is 3.51. The second-order valence-electron chi connectivity index (χ2n) is 8.13. The summed E-state index contributed by atoms with van der Waals surface area (Å²) in [7, 11) is 3.04. The van der Waals surface area contributed by atoms with Crippen LogP contribution in [0.1, 0.15) is 39.0 Å².